The second kappa shape index (κ2) is 9.84. The second-order valence-electron chi connectivity index (χ2n) is 9.03. The van der Waals surface area contributed by atoms with Crippen LogP contribution >= 0.6 is 0 Å². The van der Waals surface area contributed by atoms with E-state index in [9.17, 15) is 18.7 Å². The van der Waals surface area contributed by atoms with E-state index in [4.69, 9.17) is 0 Å². The standard InChI is InChI=1S/C24H28F2N6O2/c1-24(2,34)21(26)13-30-23(33)15-12-29-22(11-19(15)32-17-5-3-4-16(17)25)31-14-6-7-18-20(10-14)28-9-8-27-18/h6-12,16-17,21,34H,3-5,13H2,1-2H3,(H,30,33)(H2,29,31,32)/t16?,17?,21-/m1/s1. The van der Waals surface area contributed by atoms with E-state index in [1.807, 2.05) is 18.2 Å². The third-order valence-electron chi connectivity index (χ3n) is 5.87. The van der Waals surface area contributed by atoms with Crippen molar-refractivity contribution < 1.29 is 18.7 Å². The molecule has 1 aliphatic rings. The van der Waals surface area contributed by atoms with Gasteiger partial charge in [0.2, 0.25) is 0 Å². The largest absolute Gasteiger partial charge is 0.387 e. The lowest BCUT2D eigenvalue weighted by molar-refractivity contribution is -0.00177. The number of benzene rings is 1. The van der Waals surface area contributed by atoms with E-state index in [1.54, 1.807) is 18.5 Å². The number of aromatic nitrogens is 3. The van der Waals surface area contributed by atoms with Crippen LogP contribution in [0.15, 0.2) is 42.9 Å². The van der Waals surface area contributed by atoms with E-state index in [1.165, 1.54) is 20.0 Å². The third kappa shape index (κ3) is 5.56. The molecule has 4 N–H and O–H groups in total. The van der Waals surface area contributed by atoms with E-state index in [-0.39, 0.29) is 12.1 Å². The van der Waals surface area contributed by atoms with Gasteiger partial charge in [0.05, 0.1) is 40.5 Å². The molecule has 1 fully saturated rings. The molecule has 0 bridgehead atoms. The summed E-state index contributed by atoms with van der Waals surface area (Å²) >= 11 is 0. The molecule has 8 nitrogen and oxygen atoms in total. The molecule has 2 unspecified atom stereocenters. The molecule has 1 saturated carbocycles. The molecule has 10 heteroatoms. The van der Waals surface area contributed by atoms with E-state index in [2.05, 4.69) is 30.9 Å². The highest BCUT2D eigenvalue weighted by Gasteiger charge is 2.29. The maximum atomic E-state index is 14.3. The maximum Gasteiger partial charge on any atom is 0.255 e. The van der Waals surface area contributed by atoms with Gasteiger partial charge in [-0.05, 0) is 51.3 Å². The van der Waals surface area contributed by atoms with Crippen LogP contribution in [0.2, 0.25) is 0 Å². The van der Waals surface area contributed by atoms with Crippen LogP contribution in [-0.4, -0.2) is 56.5 Å². The SMILES string of the molecule is CC(C)(O)[C@H](F)CNC(=O)c1cnc(Nc2ccc3nccnc3c2)cc1NC1CCCC1F. The van der Waals surface area contributed by atoms with Gasteiger partial charge >= 0.3 is 0 Å². The molecule has 4 rings (SSSR count). The molecule has 2 heterocycles. The summed E-state index contributed by atoms with van der Waals surface area (Å²) in [5, 5.41) is 18.6. The summed E-state index contributed by atoms with van der Waals surface area (Å²) in [6.45, 7) is 2.30. The van der Waals surface area contributed by atoms with Crippen molar-refractivity contribution in [3.8, 4) is 0 Å². The van der Waals surface area contributed by atoms with E-state index in [0.29, 0.717) is 29.9 Å². The smallest absolute Gasteiger partial charge is 0.255 e. The molecule has 2 aromatic heterocycles. The fraction of sp³-hybridized carbons (Fsp3) is 0.417. The Morgan fingerprint density at radius 2 is 1.94 bits per heavy atom. The van der Waals surface area contributed by atoms with Gasteiger partial charge < -0.3 is 21.1 Å². The van der Waals surface area contributed by atoms with Crippen molar-refractivity contribution in [3.63, 3.8) is 0 Å². The van der Waals surface area contributed by atoms with Crippen molar-refractivity contribution in [2.24, 2.45) is 0 Å². The van der Waals surface area contributed by atoms with Crippen LogP contribution in [-0.2, 0) is 0 Å². The quantitative estimate of drug-likeness (QED) is 0.395. The van der Waals surface area contributed by atoms with E-state index >= 15 is 0 Å². The number of nitrogens with zero attached hydrogens (tertiary/aromatic N) is 3. The second-order valence-corrected chi connectivity index (χ2v) is 9.03. The zero-order chi connectivity index (χ0) is 24.3. The maximum absolute atomic E-state index is 14.3. The lowest BCUT2D eigenvalue weighted by atomic mass is 10.0. The highest BCUT2D eigenvalue weighted by Crippen LogP contribution is 2.29. The van der Waals surface area contributed by atoms with Crippen molar-refractivity contribution in [1.29, 1.82) is 0 Å². The van der Waals surface area contributed by atoms with Crippen LogP contribution < -0.4 is 16.0 Å². The van der Waals surface area contributed by atoms with Gasteiger partial charge in [-0.25, -0.2) is 13.8 Å². The molecule has 180 valence electrons. The Labute approximate surface area is 196 Å². The van der Waals surface area contributed by atoms with Crippen LogP contribution in [0.4, 0.5) is 26.0 Å². The summed E-state index contributed by atoms with van der Waals surface area (Å²) in [7, 11) is 0. The molecule has 3 aromatic rings. The molecule has 0 radical (unpaired) electrons. The van der Waals surface area contributed by atoms with Crippen LogP contribution in [0.5, 0.6) is 0 Å². The van der Waals surface area contributed by atoms with Crippen molar-refractivity contribution in [2.45, 2.75) is 57.1 Å². The Kier molecular flexibility index (Phi) is 6.87. The molecule has 1 amide bonds. The summed E-state index contributed by atoms with van der Waals surface area (Å²) < 4.78 is 28.4. The predicted octanol–water partition coefficient (Wildman–Crippen LogP) is 3.91. The molecule has 34 heavy (non-hydrogen) atoms. The fourth-order valence-corrected chi connectivity index (χ4v) is 3.82. The predicted molar refractivity (Wildman–Crippen MR) is 127 cm³/mol. The Hall–Kier alpha value is -3.40. The third-order valence-corrected chi connectivity index (χ3v) is 5.87. The zero-order valence-corrected chi connectivity index (χ0v) is 19.1. The molecule has 1 aromatic carbocycles. The molecule has 3 atom stereocenters. The number of anilines is 3. The zero-order valence-electron chi connectivity index (χ0n) is 19.1. The highest BCUT2D eigenvalue weighted by molar-refractivity contribution is 6.00. The minimum Gasteiger partial charge on any atom is -0.387 e. The lowest BCUT2D eigenvalue weighted by Crippen LogP contribution is -2.42. The number of carbonyl (C=O) groups excluding carboxylic acids is 1. The van der Waals surface area contributed by atoms with Crippen molar-refractivity contribution >= 4 is 34.1 Å². The Balaban J connectivity index is 1.57. The lowest BCUT2D eigenvalue weighted by Gasteiger charge is -2.23. The number of pyridine rings is 1. The van der Waals surface area contributed by atoms with Gasteiger partial charge in [0.25, 0.3) is 5.91 Å². The first kappa shape index (κ1) is 23.7. The minimum atomic E-state index is -1.65. The van der Waals surface area contributed by atoms with Crippen molar-refractivity contribution in [3.05, 3.63) is 48.4 Å². The van der Waals surface area contributed by atoms with Gasteiger partial charge in [-0.15, -0.1) is 0 Å². The van der Waals surface area contributed by atoms with Gasteiger partial charge in [-0.2, -0.15) is 0 Å². The van der Waals surface area contributed by atoms with Crippen molar-refractivity contribution in [2.75, 3.05) is 17.2 Å². The molecular weight excluding hydrogens is 442 g/mol. The van der Waals surface area contributed by atoms with Gasteiger partial charge in [0.1, 0.15) is 18.2 Å². The Bertz CT molecular complexity index is 1170. The Morgan fingerprint density at radius 3 is 2.65 bits per heavy atom. The molecule has 0 spiro atoms. The molecule has 1 aliphatic carbocycles. The van der Waals surface area contributed by atoms with Gasteiger partial charge in [0.15, 0.2) is 0 Å². The van der Waals surface area contributed by atoms with Crippen molar-refractivity contribution in [1.82, 2.24) is 20.3 Å². The number of alkyl halides is 2. The van der Waals surface area contributed by atoms with E-state index in [0.717, 1.165) is 17.6 Å². The van der Waals surface area contributed by atoms with Gasteiger partial charge in [-0.3, -0.25) is 14.8 Å². The minimum absolute atomic E-state index is 0.164. The number of aliphatic hydroxyl groups is 1. The summed E-state index contributed by atoms with van der Waals surface area (Å²) in [6.07, 6.45) is 3.77. The summed E-state index contributed by atoms with van der Waals surface area (Å²) in [5.74, 6) is -0.126. The highest BCUT2D eigenvalue weighted by atomic mass is 19.1. The van der Waals surface area contributed by atoms with Crippen LogP contribution in [0.1, 0.15) is 43.5 Å². The normalized spacial score (nSPS) is 19.1. The number of carbonyl (C=O) groups is 1. The molecule has 0 aliphatic heterocycles. The summed E-state index contributed by atoms with van der Waals surface area (Å²) in [4.78, 5) is 25.7. The number of nitrogens with one attached hydrogen (secondary N) is 3. The van der Waals surface area contributed by atoms with Gasteiger partial charge in [-0.1, -0.05) is 0 Å². The Morgan fingerprint density at radius 1 is 1.18 bits per heavy atom. The van der Waals surface area contributed by atoms with Crippen LogP contribution in [0, 0.1) is 0 Å². The monoisotopic (exact) mass is 470 g/mol. The summed E-state index contributed by atoms with van der Waals surface area (Å²) in [5.41, 5.74) is 1.15. The number of halogens is 2. The van der Waals surface area contributed by atoms with Gasteiger partial charge in [0, 0.05) is 30.3 Å². The number of rotatable bonds is 8. The number of hydrogen-bond acceptors (Lipinski definition) is 7. The first-order chi connectivity index (χ1) is 16.2. The van der Waals surface area contributed by atoms with Crippen LogP contribution in [0.25, 0.3) is 11.0 Å². The van der Waals surface area contributed by atoms with E-state index < -0.39 is 29.9 Å². The fourth-order valence-electron chi connectivity index (χ4n) is 3.82. The number of hydrogen-bond donors (Lipinski definition) is 4. The average molecular weight is 471 g/mol. The first-order valence-electron chi connectivity index (χ1n) is 11.2. The first-order valence-corrected chi connectivity index (χ1v) is 11.2. The molecule has 0 saturated heterocycles. The average Bonchev–Trinajstić information content (AvgIpc) is 3.21. The number of fused-ring (bicyclic) bond motifs is 1. The summed E-state index contributed by atoms with van der Waals surface area (Å²) in [6, 6.07) is 6.68. The molecular formula is C24H28F2N6O2. The number of amides is 1. The van der Waals surface area contributed by atoms with Crippen LogP contribution in [0.3, 0.4) is 0 Å². The topological polar surface area (TPSA) is 112 Å².